The second-order valence-electron chi connectivity index (χ2n) is 4.87. The average molecular weight is 275 g/mol. The van der Waals surface area contributed by atoms with Crippen molar-refractivity contribution in [2.45, 2.75) is 0 Å². The van der Waals surface area contributed by atoms with Crippen molar-refractivity contribution in [1.29, 1.82) is 0 Å². The summed E-state index contributed by atoms with van der Waals surface area (Å²) in [5, 5.41) is 6.36. The minimum atomic E-state index is -1.55. The number of hydrogen-bond donors (Lipinski definition) is 0. The van der Waals surface area contributed by atoms with Gasteiger partial charge >= 0.3 is 7.41 Å². The van der Waals surface area contributed by atoms with Crippen molar-refractivity contribution in [2.24, 2.45) is 0 Å². The van der Waals surface area contributed by atoms with Crippen LogP contribution in [0.3, 0.4) is 0 Å². The fourth-order valence-corrected chi connectivity index (χ4v) is 4.37. The van der Waals surface area contributed by atoms with Gasteiger partial charge in [-0.1, -0.05) is 53.1 Å². The van der Waals surface area contributed by atoms with Gasteiger partial charge in [0.05, 0.1) is 0 Å². The first kappa shape index (κ1) is 11.6. The van der Waals surface area contributed by atoms with Gasteiger partial charge < -0.3 is 0 Å². The summed E-state index contributed by atoms with van der Waals surface area (Å²) in [5.41, 5.74) is 0. The van der Waals surface area contributed by atoms with E-state index < -0.39 is 7.41 Å². The maximum absolute atomic E-state index is 12.9. The normalized spacial score (nSPS) is 11.2. The standard InChI is InChI=1S/C18H12OP/c19-20-17-11-5-3-9-15(17)13-7-1-2-8-14(13)16-10-4-6-12-18(16)20/h1-12H/q+1. The van der Waals surface area contributed by atoms with E-state index in [1.54, 1.807) is 0 Å². The van der Waals surface area contributed by atoms with Crippen LogP contribution in [0.5, 0.6) is 0 Å². The Hall–Kier alpha value is -2.24. The Labute approximate surface area is 117 Å². The van der Waals surface area contributed by atoms with Crippen molar-refractivity contribution < 1.29 is 4.57 Å². The molecule has 4 rings (SSSR count). The molecular formula is C18H12OP+. The highest BCUT2D eigenvalue weighted by atomic mass is 31.1. The van der Waals surface area contributed by atoms with Gasteiger partial charge in [-0.25, -0.2) is 0 Å². The summed E-state index contributed by atoms with van der Waals surface area (Å²) in [6.45, 7) is 0. The van der Waals surface area contributed by atoms with Gasteiger partial charge in [0.25, 0.3) is 0 Å². The lowest BCUT2D eigenvalue weighted by atomic mass is 10.1. The van der Waals surface area contributed by atoms with Crippen molar-refractivity contribution in [2.75, 3.05) is 0 Å². The van der Waals surface area contributed by atoms with E-state index in [1.807, 2.05) is 48.5 Å². The van der Waals surface area contributed by atoms with E-state index in [1.165, 1.54) is 0 Å². The highest BCUT2D eigenvalue weighted by Gasteiger charge is 2.16. The maximum Gasteiger partial charge on any atom is 0.416 e. The van der Waals surface area contributed by atoms with E-state index in [9.17, 15) is 4.57 Å². The van der Waals surface area contributed by atoms with Crippen molar-refractivity contribution >= 4 is 39.2 Å². The molecule has 0 aliphatic heterocycles. The topological polar surface area (TPSA) is 17.1 Å². The fourth-order valence-electron chi connectivity index (χ4n) is 2.84. The number of fused-ring (bicyclic) bond motifs is 5. The Bertz CT molecular complexity index is 941. The maximum atomic E-state index is 12.9. The molecule has 4 aromatic rings. The molecule has 1 aromatic heterocycles. The first-order valence-electron chi connectivity index (χ1n) is 6.61. The second kappa shape index (κ2) is 4.40. The third kappa shape index (κ3) is 1.57. The summed E-state index contributed by atoms with van der Waals surface area (Å²) in [6, 6.07) is 24.3. The smallest absolute Gasteiger partial charge is 0.0616 e. The molecule has 0 aliphatic rings. The molecule has 0 saturated carbocycles. The van der Waals surface area contributed by atoms with Crippen LogP contribution in [0, 0.1) is 0 Å². The lowest BCUT2D eigenvalue weighted by Crippen LogP contribution is -1.71. The second-order valence-corrected chi connectivity index (χ2v) is 6.43. The van der Waals surface area contributed by atoms with E-state index in [0.717, 1.165) is 31.8 Å². The van der Waals surface area contributed by atoms with Gasteiger partial charge in [0.15, 0.2) is 0 Å². The average Bonchev–Trinajstić information content (AvgIpc) is 2.64. The van der Waals surface area contributed by atoms with Crippen LogP contribution in [0.25, 0.3) is 31.8 Å². The summed E-state index contributed by atoms with van der Waals surface area (Å²) < 4.78 is 12.9. The van der Waals surface area contributed by atoms with E-state index in [4.69, 9.17) is 0 Å². The monoisotopic (exact) mass is 275 g/mol. The minimum absolute atomic E-state index is 0.930. The van der Waals surface area contributed by atoms with Gasteiger partial charge in [0, 0.05) is 10.8 Å². The first-order chi connectivity index (χ1) is 9.86. The molecule has 2 heteroatoms. The quantitative estimate of drug-likeness (QED) is 0.391. The van der Waals surface area contributed by atoms with Crippen molar-refractivity contribution in [3.05, 3.63) is 72.8 Å². The van der Waals surface area contributed by atoms with E-state index >= 15 is 0 Å². The lowest BCUT2D eigenvalue weighted by Gasteiger charge is -1.95. The summed E-state index contributed by atoms with van der Waals surface area (Å²) >= 11 is 0. The van der Waals surface area contributed by atoms with Gasteiger partial charge in [0.2, 0.25) is 10.2 Å². The largest absolute Gasteiger partial charge is 0.416 e. The van der Waals surface area contributed by atoms with E-state index in [0.29, 0.717) is 0 Å². The molecule has 1 nitrogen and oxygen atoms in total. The van der Waals surface area contributed by atoms with Crippen LogP contribution in [0.15, 0.2) is 72.8 Å². The number of hydrogen-bond acceptors (Lipinski definition) is 1. The molecule has 0 fully saturated rings. The van der Waals surface area contributed by atoms with E-state index in [2.05, 4.69) is 24.3 Å². The van der Waals surface area contributed by atoms with Crippen LogP contribution >= 0.6 is 7.41 Å². The van der Waals surface area contributed by atoms with Gasteiger partial charge in [-0.05, 0) is 35.0 Å². The van der Waals surface area contributed by atoms with Crippen LogP contribution in [-0.2, 0) is 4.57 Å². The zero-order chi connectivity index (χ0) is 13.5. The van der Waals surface area contributed by atoms with Gasteiger partial charge in [-0.2, -0.15) is 0 Å². The number of benzene rings is 3. The Balaban J connectivity index is 2.54. The molecule has 20 heavy (non-hydrogen) atoms. The van der Waals surface area contributed by atoms with Gasteiger partial charge in [0.1, 0.15) is 0 Å². The van der Waals surface area contributed by atoms with Crippen molar-refractivity contribution in [3.8, 4) is 0 Å². The third-order valence-corrected chi connectivity index (χ3v) is 5.41. The predicted octanol–water partition coefficient (Wildman–Crippen LogP) is 5.89. The molecule has 0 bridgehead atoms. The first-order valence-corrected chi connectivity index (χ1v) is 7.87. The molecule has 0 aliphatic carbocycles. The SMILES string of the molecule is O=[p+]1c2ccccc2c2ccccc2c2ccccc21. The predicted molar refractivity (Wildman–Crippen MR) is 86.6 cm³/mol. The van der Waals surface area contributed by atoms with Crippen LogP contribution in [0.2, 0.25) is 0 Å². The van der Waals surface area contributed by atoms with Crippen LogP contribution in [0.4, 0.5) is 0 Å². The molecular weight excluding hydrogens is 263 g/mol. The third-order valence-electron chi connectivity index (χ3n) is 3.75. The van der Waals surface area contributed by atoms with Gasteiger partial charge in [-0.3, -0.25) is 0 Å². The highest BCUT2D eigenvalue weighted by molar-refractivity contribution is 7.49. The summed E-state index contributed by atoms with van der Waals surface area (Å²) in [5.74, 6) is 0. The summed E-state index contributed by atoms with van der Waals surface area (Å²) in [7, 11) is -1.55. The highest BCUT2D eigenvalue weighted by Crippen LogP contribution is 2.39. The minimum Gasteiger partial charge on any atom is -0.0616 e. The van der Waals surface area contributed by atoms with Gasteiger partial charge in [-0.15, -0.1) is 0 Å². The molecule has 0 saturated heterocycles. The molecule has 94 valence electrons. The molecule has 0 spiro atoms. The Morgan fingerprint density at radius 2 is 0.850 bits per heavy atom. The zero-order valence-corrected chi connectivity index (χ0v) is 11.7. The number of rotatable bonds is 0. The van der Waals surface area contributed by atoms with E-state index in [-0.39, 0.29) is 0 Å². The Morgan fingerprint density at radius 1 is 0.500 bits per heavy atom. The van der Waals surface area contributed by atoms with Crippen LogP contribution < -0.4 is 0 Å². The summed E-state index contributed by atoms with van der Waals surface area (Å²) in [4.78, 5) is 0. The fraction of sp³-hybridized carbons (Fsp3) is 0. The molecule has 0 N–H and O–H groups in total. The lowest BCUT2D eigenvalue weighted by molar-refractivity contribution is 0.602. The Morgan fingerprint density at radius 3 is 1.30 bits per heavy atom. The summed E-state index contributed by atoms with van der Waals surface area (Å²) in [6.07, 6.45) is 0. The molecule has 0 radical (unpaired) electrons. The molecule has 0 amide bonds. The van der Waals surface area contributed by atoms with Crippen molar-refractivity contribution in [1.82, 2.24) is 0 Å². The molecule has 1 heterocycles. The van der Waals surface area contributed by atoms with Crippen LogP contribution in [0.1, 0.15) is 0 Å². The van der Waals surface area contributed by atoms with Crippen molar-refractivity contribution in [3.63, 3.8) is 0 Å². The Kier molecular flexibility index (Phi) is 2.55. The molecule has 0 atom stereocenters. The molecule has 0 unspecified atom stereocenters. The van der Waals surface area contributed by atoms with Crippen LogP contribution in [-0.4, -0.2) is 0 Å². The molecule has 3 aromatic carbocycles. The zero-order valence-electron chi connectivity index (χ0n) is 10.8.